The molecule has 5 nitrogen and oxygen atoms in total. The van der Waals surface area contributed by atoms with Crippen LogP contribution in [0.25, 0.3) is 0 Å². The van der Waals surface area contributed by atoms with E-state index in [9.17, 15) is 4.79 Å². The lowest BCUT2D eigenvalue weighted by Crippen LogP contribution is -2.35. The molecular formula is C8H20BN3O2. The van der Waals surface area contributed by atoms with Crippen molar-refractivity contribution in [2.45, 2.75) is 19.7 Å². The number of nitrogens with zero attached hydrogens (tertiary/aromatic N) is 1. The van der Waals surface area contributed by atoms with Crippen molar-refractivity contribution in [2.24, 2.45) is 5.73 Å². The summed E-state index contributed by atoms with van der Waals surface area (Å²) in [5.41, 5.74) is 4.96. The highest BCUT2D eigenvalue weighted by molar-refractivity contribution is 6.45. The van der Waals surface area contributed by atoms with Crippen LogP contribution in [0.2, 0.25) is 6.82 Å². The van der Waals surface area contributed by atoms with Gasteiger partial charge >= 0.3 is 7.05 Å². The van der Waals surface area contributed by atoms with Crippen LogP contribution in [0, 0.1) is 0 Å². The van der Waals surface area contributed by atoms with E-state index < -0.39 is 7.05 Å². The number of nitrogens with two attached hydrogens (primary N) is 1. The number of rotatable bonds is 4. The highest BCUT2D eigenvalue weighted by atomic mass is 16.2. The first-order valence-electron chi connectivity index (χ1n) is 4.98. The summed E-state index contributed by atoms with van der Waals surface area (Å²) >= 11 is 0. The van der Waals surface area contributed by atoms with Crippen molar-refractivity contribution in [3.05, 3.63) is 0 Å². The van der Waals surface area contributed by atoms with E-state index in [0.29, 0.717) is 13.2 Å². The van der Waals surface area contributed by atoms with Crippen molar-refractivity contribution < 1.29 is 9.82 Å². The van der Waals surface area contributed by atoms with Gasteiger partial charge in [0.15, 0.2) is 0 Å². The van der Waals surface area contributed by atoms with Crippen molar-refractivity contribution in [1.82, 2.24) is 10.1 Å². The molecule has 1 heterocycles. The molecule has 4 N–H and O–H groups in total. The summed E-state index contributed by atoms with van der Waals surface area (Å²) in [6, 6.07) is 0. The highest BCUT2D eigenvalue weighted by Crippen LogP contribution is 2.04. The van der Waals surface area contributed by atoms with Crippen LogP contribution in [-0.2, 0) is 4.79 Å². The summed E-state index contributed by atoms with van der Waals surface area (Å²) < 4.78 is 0. The van der Waals surface area contributed by atoms with Gasteiger partial charge in [-0.2, -0.15) is 0 Å². The van der Waals surface area contributed by atoms with Crippen molar-refractivity contribution >= 4 is 13.3 Å². The van der Waals surface area contributed by atoms with Crippen molar-refractivity contribution in [3.8, 4) is 0 Å². The molecule has 0 aromatic heterocycles. The van der Waals surface area contributed by atoms with Gasteiger partial charge in [-0.15, -0.1) is 0 Å². The Labute approximate surface area is 85.8 Å². The lowest BCUT2D eigenvalue weighted by Gasteiger charge is -2.07. The molecule has 0 aromatic carbocycles. The Balaban J connectivity index is 0.000000255. The summed E-state index contributed by atoms with van der Waals surface area (Å²) in [5, 5.41) is 10.9. The number of likely N-dealkylation sites (tertiary alicyclic amines) is 1. The molecule has 0 bridgehead atoms. The first-order valence-corrected chi connectivity index (χ1v) is 4.98. The number of hydrogen-bond donors (Lipinski definition) is 3. The largest absolute Gasteiger partial charge is 0.437 e. The zero-order chi connectivity index (χ0) is 10.8. The van der Waals surface area contributed by atoms with Gasteiger partial charge in [0, 0.05) is 6.67 Å². The zero-order valence-electron chi connectivity index (χ0n) is 8.78. The quantitative estimate of drug-likeness (QED) is 0.305. The van der Waals surface area contributed by atoms with Crippen molar-refractivity contribution in [2.75, 3.05) is 26.3 Å². The SMILES string of the molecule is CB(O)NCN.O=CCN1CCCC1. The van der Waals surface area contributed by atoms with Crippen molar-refractivity contribution in [1.29, 1.82) is 0 Å². The molecule has 1 fully saturated rings. The van der Waals surface area contributed by atoms with Gasteiger partial charge < -0.3 is 20.8 Å². The molecule has 1 aliphatic rings. The number of hydrogen-bond acceptors (Lipinski definition) is 5. The Bertz CT molecular complexity index is 141. The third kappa shape index (κ3) is 8.19. The average molecular weight is 201 g/mol. The summed E-state index contributed by atoms with van der Waals surface area (Å²) in [4.78, 5) is 12.1. The first kappa shape index (κ1) is 13.6. The Morgan fingerprint density at radius 1 is 1.57 bits per heavy atom. The maximum atomic E-state index is 9.92. The van der Waals surface area contributed by atoms with Crippen LogP contribution in [-0.4, -0.2) is 49.6 Å². The minimum Gasteiger partial charge on any atom is -0.437 e. The molecule has 1 saturated heterocycles. The number of aldehydes is 1. The fraction of sp³-hybridized carbons (Fsp3) is 0.875. The molecule has 0 saturated carbocycles. The van der Waals surface area contributed by atoms with E-state index in [1.807, 2.05) is 0 Å². The number of carbonyl (C=O) groups is 1. The fourth-order valence-electron chi connectivity index (χ4n) is 1.24. The van der Waals surface area contributed by atoms with Crippen LogP contribution >= 0.6 is 0 Å². The molecule has 0 radical (unpaired) electrons. The summed E-state index contributed by atoms with van der Waals surface area (Å²) in [6.07, 6.45) is 3.52. The van der Waals surface area contributed by atoms with Crippen molar-refractivity contribution in [3.63, 3.8) is 0 Å². The summed E-state index contributed by atoms with van der Waals surface area (Å²) in [5.74, 6) is 0. The van der Waals surface area contributed by atoms with E-state index in [4.69, 9.17) is 10.8 Å². The van der Waals surface area contributed by atoms with E-state index in [1.54, 1.807) is 6.82 Å². The third-order valence-corrected chi connectivity index (χ3v) is 1.94. The summed E-state index contributed by atoms with van der Waals surface area (Å²) in [7, 11) is -0.477. The minimum absolute atomic E-state index is 0.331. The Kier molecular flexibility index (Phi) is 8.86. The Hall–Kier alpha value is -0.425. The van der Waals surface area contributed by atoms with E-state index >= 15 is 0 Å². The molecule has 82 valence electrons. The number of carbonyl (C=O) groups excluding carboxylic acids is 1. The van der Waals surface area contributed by atoms with Gasteiger partial charge in [-0.05, 0) is 32.8 Å². The predicted molar refractivity (Wildman–Crippen MR) is 57.8 cm³/mol. The van der Waals surface area contributed by atoms with E-state index in [0.717, 1.165) is 19.4 Å². The number of nitrogens with one attached hydrogen (secondary N) is 1. The maximum absolute atomic E-state index is 9.92. The maximum Gasteiger partial charge on any atom is 0.374 e. The second-order valence-electron chi connectivity index (χ2n) is 3.26. The van der Waals surface area contributed by atoms with Crippen LogP contribution in [0.1, 0.15) is 12.8 Å². The van der Waals surface area contributed by atoms with E-state index in [2.05, 4.69) is 10.1 Å². The molecule has 1 aliphatic heterocycles. The molecule has 0 spiro atoms. The van der Waals surface area contributed by atoms with Gasteiger partial charge in [-0.1, -0.05) is 0 Å². The molecule has 0 aliphatic carbocycles. The van der Waals surface area contributed by atoms with E-state index in [1.165, 1.54) is 12.8 Å². The van der Waals surface area contributed by atoms with Crippen LogP contribution in [0.3, 0.4) is 0 Å². The fourth-order valence-corrected chi connectivity index (χ4v) is 1.24. The standard InChI is InChI=1S/C6H11NO.C2H9BN2O/c8-6-5-7-3-1-2-4-7;1-3(6)5-2-4/h6H,1-5H2;5-6H,2,4H2,1H3. The zero-order valence-corrected chi connectivity index (χ0v) is 8.78. The molecule has 0 amide bonds. The normalized spacial score (nSPS) is 15.9. The van der Waals surface area contributed by atoms with Crippen LogP contribution in [0.4, 0.5) is 0 Å². The highest BCUT2D eigenvalue weighted by Gasteiger charge is 2.08. The topological polar surface area (TPSA) is 78.6 Å². The summed E-state index contributed by atoms with van der Waals surface area (Å²) in [6.45, 7) is 4.84. The first-order chi connectivity index (χ1) is 6.70. The smallest absolute Gasteiger partial charge is 0.374 e. The van der Waals surface area contributed by atoms with Crippen LogP contribution in [0.5, 0.6) is 0 Å². The monoisotopic (exact) mass is 201 g/mol. The van der Waals surface area contributed by atoms with Crippen LogP contribution < -0.4 is 11.0 Å². The predicted octanol–water partition coefficient (Wildman–Crippen LogP) is -1.12. The molecule has 0 unspecified atom stereocenters. The van der Waals surface area contributed by atoms with Gasteiger partial charge in [0.1, 0.15) is 6.29 Å². The Morgan fingerprint density at radius 2 is 2.14 bits per heavy atom. The lowest BCUT2D eigenvalue weighted by atomic mass is 9.90. The molecule has 0 aromatic rings. The van der Waals surface area contributed by atoms with Gasteiger partial charge in [-0.25, -0.2) is 0 Å². The van der Waals surface area contributed by atoms with E-state index in [-0.39, 0.29) is 0 Å². The molecule has 1 rings (SSSR count). The second kappa shape index (κ2) is 9.14. The van der Waals surface area contributed by atoms with Gasteiger partial charge in [0.05, 0.1) is 6.54 Å². The van der Waals surface area contributed by atoms with Gasteiger partial charge in [0.2, 0.25) is 0 Å². The Morgan fingerprint density at radius 3 is 2.43 bits per heavy atom. The van der Waals surface area contributed by atoms with Gasteiger partial charge in [-0.3, -0.25) is 4.90 Å². The van der Waals surface area contributed by atoms with Gasteiger partial charge in [0.25, 0.3) is 0 Å². The molecule has 6 heteroatoms. The molecular weight excluding hydrogens is 181 g/mol. The molecule has 0 atom stereocenters. The lowest BCUT2D eigenvalue weighted by molar-refractivity contribution is -0.108. The average Bonchev–Trinajstić information content (AvgIpc) is 2.58. The molecule has 14 heavy (non-hydrogen) atoms. The minimum atomic E-state index is -0.477. The van der Waals surface area contributed by atoms with Crippen LogP contribution in [0.15, 0.2) is 0 Å². The second-order valence-corrected chi connectivity index (χ2v) is 3.26. The third-order valence-electron chi connectivity index (χ3n) is 1.94.